The third kappa shape index (κ3) is 2.25. The Balaban J connectivity index is 2.64. The molecule has 0 aliphatic carbocycles. The van der Waals surface area contributed by atoms with Crippen molar-refractivity contribution in [1.29, 1.82) is 0 Å². The van der Waals surface area contributed by atoms with Crippen LogP contribution in [0.4, 0.5) is 14.5 Å². The van der Waals surface area contributed by atoms with Crippen LogP contribution < -0.4 is 0 Å². The van der Waals surface area contributed by atoms with Crippen LogP contribution in [0.25, 0.3) is 11.1 Å². The molecule has 6 heteroatoms. The van der Waals surface area contributed by atoms with E-state index >= 15 is 0 Å². The molecule has 0 amide bonds. The van der Waals surface area contributed by atoms with Gasteiger partial charge >= 0.3 is 0 Å². The summed E-state index contributed by atoms with van der Waals surface area (Å²) in [5, 5.41) is 10.7. The van der Waals surface area contributed by atoms with Crippen LogP contribution in [0.5, 0.6) is 0 Å². The summed E-state index contributed by atoms with van der Waals surface area (Å²) in [6, 6.07) is 4.11. The van der Waals surface area contributed by atoms with E-state index in [0.29, 0.717) is 6.07 Å². The van der Waals surface area contributed by atoms with E-state index in [0.717, 1.165) is 18.3 Å². The van der Waals surface area contributed by atoms with E-state index in [-0.39, 0.29) is 16.8 Å². The summed E-state index contributed by atoms with van der Waals surface area (Å²) in [4.78, 5) is 13.7. The number of hydrogen-bond acceptors (Lipinski definition) is 3. The summed E-state index contributed by atoms with van der Waals surface area (Å²) >= 11 is 0. The highest BCUT2D eigenvalue weighted by Gasteiger charge is 2.16. The largest absolute Gasteiger partial charge is 0.295 e. The molecular formula is C11H6F2N2O2. The van der Waals surface area contributed by atoms with Crippen molar-refractivity contribution in [3.05, 3.63) is 58.4 Å². The van der Waals surface area contributed by atoms with Gasteiger partial charge in [-0.25, -0.2) is 8.78 Å². The van der Waals surface area contributed by atoms with Crippen LogP contribution in [-0.4, -0.2) is 9.91 Å². The normalized spacial score (nSPS) is 10.2. The zero-order chi connectivity index (χ0) is 12.4. The quantitative estimate of drug-likeness (QED) is 0.595. The number of nitro groups is 1. The summed E-state index contributed by atoms with van der Waals surface area (Å²) < 4.78 is 26.0. The van der Waals surface area contributed by atoms with Crippen molar-refractivity contribution >= 4 is 5.69 Å². The number of rotatable bonds is 2. The summed E-state index contributed by atoms with van der Waals surface area (Å²) in [6.45, 7) is 0. The first-order valence-electron chi connectivity index (χ1n) is 4.63. The number of pyridine rings is 1. The first kappa shape index (κ1) is 11.1. The number of aromatic nitrogens is 1. The van der Waals surface area contributed by atoms with E-state index in [1.807, 2.05) is 0 Å². The maximum absolute atomic E-state index is 13.0. The molecular weight excluding hydrogens is 230 g/mol. The van der Waals surface area contributed by atoms with Crippen LogP contribution in [0, 0.1) is 21.7 Å². The highest BCUT2D eigenvalue weighted by molar-refractivity contribution is 5.72. The van der Waals surface area contributed by atoms with Gasteiger partial charge in [-0.1, -0.05) is 0 Å². The van der Waals surface area contributed by atoms with E-state index in [9.17, 15) is 18.9 Å². The fourth-order valence-corrected chi connectivity index (χ4v) is 1.49. The zero-order valence-corrected chi connectivity index (χ0v) is 8.43. The summed E-state index contributed by atoms with van der Waals surface area (Å²) in [7, 11) is 0. The topological polar surface area (TPSA) is 56.0 Å². The summed E-state index contributed by atoms with van der Waals surface area (Å²) in [5.41, 5.74) is -0.0579. The molecule has 0 saturated heterocycles. The van der Waals surface area contributed by atoms with Crippen molar-refractivity contribution in [2.45, 2.75) is 0 Å². The summed E-state index contributed by atoms with van der Waals surface area (Å²) in [5.74, 6) is -1.57. The third-order valence-electron chi connectivity index (χ3n) is 2.17. The van der Waals surface area contributed by atoms with E-state index in [1.165, 1.54) is 12.3 Å². The predicted octanol–water partition coefficient (Wildman–Crippen LogP) is 2.94. The molecule has 1 heterocycles. The number of benzene rings is 1. The van der Waals surface area contributed by atoms with Gasteiger partial charge in [0.25, 0.3) is 5.69 Å². The maximum Gasteiger partial charge on any atom is 0.295 e. The number of halogens is 2. The molecule has 86 valence electrons. The first-order valence-corrected chi connectivity index (χ1v) is 4.63. The molecule has 0 unspecified atom stereocenters. The van der Waals surface area contributed by atoms with Crippen LogP contribution in [0.1, 0.15) is 0 Å². The van der Waals surface area contributed by atoms with Crippen molar-refractivity contribution in [3.63, 3.8) is 0 Å². The predicted molar refractivity (Wildman–Crippen MR) is 56.2 cm³/mol. The van der Waals surface area contributed by atoms with Crippen molar-refractivity contribution in [1.82, 2.24) is 4.98 Å². The Kier molecular flexibility index (Phi) is 2.78. The van der Waals surface area contributed by atoms with Crippen molar-refractivity contribution < 1.29 is 13.7 Å². The molecule has 0 spiro atoms. The number of hydrogen-bond donors (Lipinski definition) is 0. The second kappa shape index (κ2) is 4.25. The molecule has 0 fully saturated rings. The average Bonchev–Trinajstić information content (AvgIpc) is 2.27. The molecule has 0 aliphatic heterocycles. The van der Waals surface area contributed by atoms with Crippen molar-refractivity contribution in [3.8, 4) is 11.1 Å². The van der Waals surface area contributed by atoms with Gasteiger partial charge in [0, 0.05) is 12.3 Å². The highest BCUT2D eigenvalue weighted by Crippen LogP contribution is 2.29. The number of nitrogens with zero attached hydrogens (tertiary/aromatic N) is 2. The van der Waals surface area contributed by atoms with Gasteiger partial charge in [-0.3, -0.25) is 15.1 Å². The van der Waals surface area contributed by atoms with E-state index in [4.69, 9.17) is 0 Å². The third-order valence-corrected chi connectivity index (χ3v) is 2.17. The van der Waals surface area contributed by atoms with Gasteiger partial charge in [0.15, 0.2) is 0 Å². The molecule has 17 heavy (non-hydrogen) atoms. The SMILES string of the molecule is O=[N+]([O-])c1cnccc1-c1cc(F)cc(F)c1. The second-order valence-electron chi connectivity index (χ2n) is 3.31. The minimum atomic E-state index is -0.786. The lowest BCUT2D eigenvalue weighted by molar-refractivity contribution is -0.384. The van der Waals surface area contributed by atoms with Gasteiger partial charge < -0.3 is 0 Å². The monoisotopic (exact) mass is 236 g/mol. The maximum atomic E-state index is 13.0. The molecule has 0 radical (unpaired) electrons. The van der Waals surface area contributed by atoms with Crippen LogP contribution in [0.15, 0.2) is 36.7 Å². The Morgan fingerprint density at radius 1 is 1.18 bits per heavy atom. The van der Waals surface area contributed by atoms with Gasteiger partial charge in [-0.15, -0.1) is 0 Å². The standard InChI is InChI=1S/C11H6F2N2O2/c12-8-3-7(4-9(13)5-8)10-1-2-14-6-11(10)15(16)17/h1-6H. The van der Waals surface area contributed by atoms with Crippen LogP contribution >= 0.6 is 0 Å². The molecule has 0 atom stereocenters. The van der Waals surface area contributed by atoms with Crippen molar-refractivity contribution in [2.24, 2.45) is 0 Å². The molecule has 2 aromatic rings. The van der Waals surface area contributed by atoms with Gasteiger partial charge in [-0.05, 0) is 23.8 Å². The molecule has 1 aromatic heterocycles. The molecule has 0 bridgehead atoms. The Labute approximate surface area is 94.7 Å². The second-order valence-corrected chi connectivity index (χ2v) is 3.31. The Hall–Kier alpha value is -2.37. The van der Waals surface area contributed by atoms with Crippen molar-refractivity contribution in [2.75, 3.05) is 0 Å². The molecule has 0 saturated carbocycles. The fourth-order valence-electron chi connectivity index (χ4n) is 1.49. The van der Waals surface area contributed by atoms with Gasteiger partial charge in [0.2, 0.25) is 0 Å². The average molecular weight is 236 g/mol. The molecule has 1 aromatic carbocycles. The van der Waals surface area contributed by atoms with Gasteiger partial charge in [-0.2, -0.15) is 0 Å². The van der Waals surface area contributed by atoms with Crippen LogP contribution in [0.2, 0.25) is 0 Å². The fraction of sp³-hybridized carbons (Fsp3) is 0. The lowest BCUT2D eigenvalue weighted by Crippen LogP contribution is -1.93. The van der Waals surface area contributed by atoms with Gasteiger partial charge in [0.1, 0.15) is 17.8 Å². The van der Waals surface area contributed by atoms with Crippen LogP contribution in [0.3, 0.4) is 0 Å². The van der Waals surface area contributed by atoms with Crippen LogP contribution in [-0.2, 0) is 0 Å². The molecule has 0 N–H and O–H groups in total. The van der Waals surface area contributed by atoms with E-state index < -0.39 is 16.6 Å². The lowest BCUT2D eigenvalue weighted by atomic mass is 10.1. The lowest BCUT2D eigenvalue weighted by Gasteiger charge is -2.03. The molecule has 4 nitrogen and oxygen atoms in total. The van der Waals surface area contributed by atoms with E-state index in [2.05, 4.69) is 4.98 Å². The Bertz CT molecular complexity index is 567. The highest BCUT2D eigenvalue weighted by atomic mass is 19.1. The zero-order valence-electron chi connectivity index (χ0n) is 8.43. The van der Waals surface area contributed by atoms with E-state index in [1.54, 1.807) is 0 Å². The Morgan fingerprint density at radius 2 is 1.82 bits per heavy atom. The first-order chi connectivity index (χ1) is 8.08. The molecule has 0 aliphatic rings. The molecule has 2 rings (SSSR count). The van der Waals surface area contributed by atoms with Gasteiger partial charge in [0.05, 0.1) is 10.5 Å². The minimum Gasteiger partial charge on any atom is -0.258 e. The summed E-state index contributed by atoms with van der Waals surface area (Å²) in [6.07, 6.45) is 2.36. The Morgan fingerprint density at radius 3 is 2.41 bits per heavy atom. The minimum absolute atomic E-state index is 0.108. The smallest absolute Gasteiger partial charge is 0.258 e.